The molecule has 7 heteroatoms. The van der Waals surface area contributed by atoms with Gasteiger partial charge in [-0.1, -0.05) is 6.07 Å². The molecule has 1 aliphatic heterocycles. The molecule has 26 heavy (non-hydrogen) atoms. The Labute approximate surface area is 154 Å². The average molecular weight is 375 g/mol. The first-order valence-corrected chi connectivity index (χ1v) is 9.46. The average Bonchev–Trinajstić information content (AvgIpc) is 3.27. The van der Waals surface area contributed by atoms with Crippen LogP contribution in [0.5, 0.6) is 0 Å². The Balaban J connectivity index is 1.45. The molecule has 136 valence electrons. The Hall–Kier alpha value is -2.12. The molecule has 0 N–H and O–H groups in total. The molecule has 4 rings (SSSR count). The summed E-state index contributed by atoms with van der Waals surface area (Å²) in [7, 11) is 0. The molecule has 1 unspecified atom stereocenters. The van der Waals surface area contributed by atoms with Crippen LogP contribution in [0, 0.1) is 18.6 Å². The van der Waals surface area contributed by atoms with Crippen LogP contribution in [-0.4, -0.2) is 28.2 Å². The number of thiophene rings is 1. The zero-order valence-electron chi connectivity index (χ0n) is 14.4. The smallest absolute Gasteiger partial charge is 0.257 e. The topological polar surface area (TPSA) is 42.2 Å². The van der Waals surface area contributed by atoms with Gasteiger partial charge in [-0.2, -0.15) is 0 Å². The van der Waals surface area contributed by atoms with Crippen molar-refractivity contribution in [1.82, 2.24) is 15.1 Å². The van der Waals surface area contributed by atoms with Crippen LogP contribution in [0.2, 0.25) is 0 Å². The van der Waals surface area contributed by atoms with Crippen LogP contribution in [0.25, 0.3) is 10.8 Å². The quantitative estimate of drug-likeness (QED) is 0.659. The fraction of sp³-hybridized carbons (Fsp3) is 0.368. The van der Waals surface area contributed by atoms with Gasteiger partial charge in [-0.3, -0.25) is 4.90 Å². The third-order valence-corrected chi connectivity index (χ3v) is 5.63. The lowest BCUT2D eigenvalue weighted by molar-refractivity contribution is 0.186. The Morgan fingerprint density at radius 3 is 2.85 bits per heavy atom. The second-order valence-corrected chi connectivity index (χ2v) is 7.97. The summed E-state index contributed by atoms with van der Waals surface area (Å²) in [5.41, 5.74) is 0.768. The molecule has 0 aliphatic carbocycles. The van der Waals surface area contributed by atoms with E-state index in [2.05, 4.69) is 15.1 Å². The maximum absolute atomic E-state index is 13.4. The molecule has 3 aromatic rings. The molecule has 0 saturated carbocycles. The van der Waals surface area contributed by atoms with Crippen molar-refractivity contribution in [2.75, 3.05) is 13.1 Å². The van der Waals surface area contributed by atoms with Gasteiger partial charge in [0.15, 0.2) is 11.6 Å². The predicted molar refractivity (Wildman–Crippen MR) is 96.0 cm³/mol. The summed E-state index contributed by atoms with van der Waals surface area (Å²) >= 11 is 1.63. The fourth-order valence-corrected chi connectivity index (χ4v) is 4.13. The summed E-state index contributed by atoms with van der Waals surface area (Å²) in [5.74, 6) is -0.232. The number of aromatic nitrogens is 2. The van der Waals surface area contributed by atoms with Crippen molar-refractivity contribution in [1.29, 1.82) is 0 Å². The molecule has 1 saturated heterocycles. The van der Waals surface area contributed by atoms with Crippen molar-refractivity contribution in [2.45, 2.75) is 32.2 Å². The Morgan fingerprint density at radius 1 is 1.19 bits per heavy atom. The van der Waals surface area contributed by atoms with E-state index in [9.17, 15) is 8.78 Å². The number of benzene rings is 1. The van der Waals surface area contributed by atoms with Gasteiger partial charge < -0.3 is 4.42 Å². The highest BCUT2D eigenvalue weighted by Crippen LogP contribution is 2.31. The van der Waals surface area contributed by atoms with Gasteiger partial charge in [0, 0.05) is 18.0 Å². The summed E-state index contributed by atoms with van der Waals surface area (Å²) in [6.07, 6.45) is 1.99. The van der Waals surface area contributed by atoms with E-state index in [1.165, 1.54) is 17.0 Å². The molecule has 0 bridgehead atoms. The van der Waals surface area contributed by atoms with Crippen molar-refractivity contribution in [3.8, 4) is 10.8 Å². The van der Waals surface area contributed by atoms with E-state index in [1.54, 1.807) is 17.4 Å². The molecule has 0 amide bonds. The van der Waals surface area contributed by atoms with Gasteiger partial charge in [-0.05, 0) is 56.1 Å². The Kier molecular flexibility index (Phi) is 4.82. The third-order valence-electron chi connectivity index (χ3n) is 4.64. The van der Waals surface area contributed by atoms with E-state index < -0.39 is 11.6 Å². The molecule has 1 aliphatic rings. The molecule has 2 aromatic heterocycles. The van der Waals surface area contributed by atoms with Crippen LogP contribution >= 0.6 is 11.3 Å². The standard InChI is InChI=1S/C19H19F2N3OS/c1-12-4-7-17(26-12)19-23-22-18(25-19)14-3-2-8-24(11-14)10-13-5-6-15(20)16(21)9-13/h4-7,9,14H,2-3,8,10-11H2,1H3. The molecule has 1 fully saturated rings. The molecule has 4 nitrogen and oxygen atoms in total. The van der Waals surface area contributed by atoms with Crippen LogP contribution in [0.3, 0.4) is 0 Å². The number of hydrogen-bond donors (Lipinski definition) is 0. The van der Waals surface area contributed by atoms with Crippen molar-refractivity contribution in [3.63, 3.8) is 0 Å². The Morgan fingerprint density at radius 2 is 2.08 bits per heavy atom. The summed E-state index contributed by atoms with van der Waals surface area (Å²) in [6, 6.07) is 8.11. The highest BCUT2D eigenvalue weighted by Gasteiger charge is 2.26. The SMILES string of the molecule is Cc1ccc(-c2nnc(C3CCCN(Cc4ccc(F)c(F)c4)C3)o2)s1. The second-order valence-electron chi connectivity index (χ2n) is 6.68. The lowest BCUT2D eigenvalue weighted by atomic mass is 9.97. The summed E-state index contributed by atoms with van der Waals surface area (Å²) in [4.78, 5) is 4.41. The first-order valence-electron chi connectivity index (χ1n) is 8.65. The predicted octanol–water partition coefficient (Wildman–Crippen LogP) is 4.76. The minimum Gasteiger partial charge on any atom is -0.420 e. The van der Waals surface area contributed by atoms with Crippen molar-refractivity contribution < 1.29 is 13.2 Å². The van der Waals surface area contributed by atoms with Crippen molar-refractivity contribution in [3.05, 3.63) is 58.3 Å². The third kappa shape index (κ3) is 3.68. The molecule has 1 aromatic carbocycles. The summed E-state index contributed by atoms with van der Waals surface area (Å²) < 4.78 is 32.4. The van der Waals surface area contributed by atoms with Gasteiger partial charge in [-0.15, -0.1) is 21.5 Å². The largest absolute Gasteiger partial charge is 0.420 e. The van der Waals surface area contributed by atoms with Crippen LogP contribution in [0.15, 0.2) is 34.7 Å². The molecular weight excluding hydrogens is 356 g/mol. The molecule has 3 heterocycles. The van der Waals surface area contributed by atoms with E-state index >= 15 is 0 Å². The number of aryl methyl sites for hydroxylation is 1. The number of hydrogen-bond acceptors (Lipinski definition) is 5. The van der Waals surface area contributed by atoms with E-state index in [1.807, 2.05) is 19.1 Å². The number of piperidine rings is 1. The number of likely N-dealkylation sites (tertiary alicyclic amines) is 1. The van der Waals surface area contributed by atoms with E-state index in [0.717, 1.165) is 36.4 Å². The summed E-state index contributed by atoms with van der Waals surface area (Å²) in [5, 5.41) is 8.44. The van der Waals surface area contributed by atoms with E-state index in [-0.39, 0.29) is 5.92 Å². The molecule has 1 atom stereocenters. The minimum absolute atomic E-state index is 0.163. The van der Waals surface area contributed by atoms with Crippen molar-refractivity contribution >= 4 is 11.3 Å². The second kappa shape index (κ2) is 7.25. The first kappa shape index (κ1) is 17.3. The van der Waals surface area contributed by atoms with Crippen LogP contribution in [-0.2, 0) is 6.54 Å². The van der Waals surface area contributed by atoms with E-state index in [0.29, 0.717) is 18.3 Å². The van der Waals surface area contributed by atoms with Gasteiger partial charge in [-0.25, -0.2) is 8.78 Å². The Bertz CT molecular complexity index is 908. The fourth-order valence-electron chi connectivity index (χ4n) is 3.35. The normalized spacial score (nSPS) is 18.3. The number of halogens is 2. The van der Waals surface area contributed by atoms with Gasteiger partial charge >= 0.3 is 0 Å². The van der Waals surface area contributed by atoms with Crippen LogP contribution < -0.4 is 0 Å². The van der Waals surface area contributed by atoms with E-state index in [4.69, 9.17) is 4.42 Å². The van der Waals surface area contributed by atoms with Crippen LogP contribution in [0.4, 0.5) is 8.78 Å². The minimum atomic E-state index is -0.813. The zero-order chi connectivity index (χ0) is 18.1. The maximum Gasteiger partial charge on any atom is 0.257 e. The molecule has 0 spiro atoms. The highest BCUT2D eigenvalue weighted by molar-refractivity contribution is 7.15. The monoisotopic (exact) mass is 375 g/mol. The summed E-state index contributed by atoms with van der Waals surface area (Å²) in [6.45, 7) is 4.31. The number of nitrogens with zero attached hydrogens (tertiary/aromatic N) is 3. The zero-order valence-corrected chi connectivity index (χ0v) is 15.2. The lowest BCUT2D eigenvalue weighted by Crippen LogP contribution is -2.34. The lowest BCUT2D eigenvalue weighted by Gasteiger charge is -2.31. The van der Waals surface area contributed by atoms with Gasteiger partial charge in [0.05, 0.1) is 10.8 Å². The number of rotatable bonds is 4. The highest BCUT2D eigenvalue weighted by atomic mass is 32.1. The molecular formula is C19H19F2N3OS. The van der Waals surface area contributed by atoms with Crippen LogP contribution in [0.1, 0.15) is 35.1 Å². The van der Waals surface area contributed by atoms with Gasteiger partial charge in [0.2, 0.25) is 5.89 Å². The molecule has 0 radical (unpaired) electrons. The first-order chi connectivity index (χ1) is 12.6. The van der Waals surface area contributed by atoms with Crippen molar-refractivity contribution in [2.24, 2.45) is 0 Å². The van der Waals surface area contributed by atoms with Gasteiger partial charge in [0.25, 0.3) is 5.89 Å². The van der Waals surface area contributed by atoms with Gasteiger partial charge in [0.1, 0.15) is 0 Å². The maximum atomic E-state index is 13.4.